The molecular formula is C58H41N5. The molecule has 3 heterocycles. The van der Waals surface area contributed by atoms with Crippen molar-refractivity contribution in [2.45, 2.75) is 32.1 Å². The lowest BCUT2D eigenvalue weighted by Gasteiger charge is -2.24. The average Bonchev–Trinajstić information content (AvgIpc) is 3.85. The Morgan fingerprint density at radius 1 is 0.460 bits per heavy atom. The van der Waals surface area contributed by atoms with Crippen molar-refractivity contribution in [1.29, 1.82) is 0 Å². The Bertz CT molecular complexity index is 3660. The summed E-state index contributed by atoms with van der Waals surface area (Å²) in [4.78, 5) is 15.5. The molecule has 0 saturated heterocycles. The van der Waals surface area contributed by atoms with E-state index in [0.29, 0.717) is 23.4 Å². The van der Waals surface area contributed by atoms with E-state index in [1.807, 2.05) is 36.4 Å². The first kappa shape index (κ1) is 35.8. The van der Waals surface area contributed by atoms with Crippen LogP contribution < -0.4 is 0 Å². The van der Waals surface area contributed by atoms with Crippen LogP contribution in [0.25, 0.3) is 112 Å². The SMILES string of the molecule is CC1CC=Cc2cc(-c3nc(-c4ccccc4)nc(-c4ccccc4)n3)cc(-n3c4ccccc4c4cc5c6c7ccccc7ccc6n(-c6cccc7c6CCC=C7)c5cc43)c21. The minimum absolute atomic E-state index is 0.300. The maximum absolute atomic E-state index is 5.22. The minimum atomic E-state index is 0.300. The molecule has 13 rings (SSSR count). The van der Waals surface area contributed by atoms with Crippen molar-refractivity contribution in [3.8, 4) is 45.5 Å². The zero-order valence-electron chi connectivity index (χ0n) is 34.8. The first-order valence-corrected chi connectivity index (χ1v) is 22.1. The number of para-hydroxylation sites is 1. The fourth-order valence-corrected chi connectivity index (χ4v) is 10.5. The molecule has 0 spiro atoms. The van der Waals surface area contributed by atoms with Gasteiger partial charge in [0.2, 0.25) is 0 Å². The van der Waals surface area contributed by atoms with Crippen molar-refractivity contribution in [1.82, 2.24) is 24.1 Å². The Morgan fingerprint density at radius 3 is 1.92 bits per heavy atom. The van der Waals surface area contributed by atoms with Crippen molar-refractivity contribution < 1.29 is 0 Å². The summed E-state index contributed by atoms with van der Waals surface area (Å²) in [5, 5.41) is 7.55. The summed E-state index contributed by atoms with van der Waals surface area (Å²) < 4.78 is 5.08. The molecule has 5 nitrogen and oxygen atoms in total. The second kappa shape index (κ2) is 14.1. The third-order valence-electron chi connectivity index (χ3n) is 13.4. The van der Waals surface area contributed by atoms with Gasteiger partial charge in [0.15, 0.2) is 17.5 Å². The molecule has 8 aromatic carbocycles. The Balaban J connectivity index is 1.14. The molecule has 1 atom stereocenters. The molecule has 0 aliphatic heterocycles. The van der Waals surface area contributed by atoms with Crippen LogP contribution in [0.1, 0.15) is 47.9 Å². The molecule has 0 bridgehead atoms. The molecular weight excluding hydrogens is 767 g/mol. The van der Waals surface area contributed by atoms with Gasteiger partial charge in [0, 0.05) is 43.9 Å². The molecule has 2 aliphatic rings. The van der Waals surface area contributed by atoms with Crippen molar-refractivity contribution in [2.75, 3.05) is 0 Å². The summed E-state index contributed by atoms with van der Waals surface area (Å²) in [7, 11) is 0. The van der Waals surface area contributed by atoms with E-state index in [2.05, 4.69) is 168 Å². The Labute approximate surface area is 365 Å². The molecule has 0 fully saturated rings. The monoisotopic (exact) mass is 807 g/mol. The van der Waals surface area contributed by atoms with Gasteiger partial charge in [-0.1, -0.05) is 153 Å². The van der Waals surface area contributed by atoms with E-state index in [4.69, 9.17) is 15.0 Å². The van der Waals surface area contributed by atoms with Crippen LogP contribution >= 0.6 is 0 Å². The molecule has 3 aromatic heterocycles. The molecule has 2 aliphatic carbocycles. The summed E-state index contributed by atoms with van der Waals surface area (Å²) in [6, 6.07) is 59.3. The third kappa shape index (κ3) is 5.59. The van der Waals surface area contributed by atoms with Gasteiger partial charge < -0.3 is 9.13 Å². The summed E-state index contributed by atoms with van der Waals surface area (Å²) in [5.41, 5.74) is 15.3. The van der Waals surface area contributed by atoms with Crippen LogP contribution in [-0.4, -0.2) is 24.1 Å². The quantitative estimate of drug-likeness (QED) is 0.174. The largest absolute Gasteiger partial charge is 0.309 e. The highest BCUT2D eigenvalue weighted by Crippen LogP contribution is 2.45. The van der Waals surface area contributed by atoms with Gasteiger partial charge in [-0.15, -0.1) is 0 Å². The number of fused-ring (bicyclic) bond motifs is 10. The highest BCUT2D eigenvalue weighted by Gasteiger charge is 2.26. The zero-order chi connectivity index (χ0) is 41.6. The average molecular weight is 808 g/mol. The summed E-state index contributed by atoms with van der Waals surface area (Å²) in [5.74, 6) is 2.26. The molecule has 0 radical (unpaired) electrons. The predicted octanol–water partition coefficient (Wildman–Crippen LogP) is 14.7. The summed E-state index contributed by atoms with van der Waals surface area (Å²) in [6.07, 6.45) is 12.2. The third-order valence-corrected chi connectivity index (χ3v) is 13.4. The molecule has 1 unspecified atom stereocenters. The standard InChI is InChI=1S/C58H41N5/c1-36-16-14-24-41-32-42(58-60-56(39-19-4-2-5-20-39)59-57(61-58)40-21-6-3-7-22-40)33-53(54(36)41)63-49-28-13-12-27-45(49)46-34-47-52(35-51(46)63)62(48-29-15-23-37-17-8-10-25-43(37)48)50-31-30-38-18-9-11-26-44(38)55(47)50/h2-9,11-15,17-24,26-36H,10,16,25H2,1H3. The molecule has 5 heteroatoms. The highest BCUT2D eigenvalue weighted by molar-refractivity contribution is 6.25. The van der Waals surface area contributed by atoms with Crippen LogP contribution in [0.3, 0.4) is 0 Å². The van der Waals surface area contributed by atoms with Gasteiger partial charge in [-0.05, 0) is 101 Å². The number of aromatic nitrogens is 5. The van der Waals surface area contributed by atoms with Crippen LogP contribution in [0.4, 0.5) is 0 Å². The Kier molecular flexibility index (Phi) is 8.01. The predicted molar refractivity (Wildman–Crippen MR) is 262 cm³/mol. The number of hydrogen-bond donors (Lipinski definition) is 0. The van der Waals surface area contributed by atoms with Gasteiger partial charge in [-0.2, -0.15) is 0 Å². The molecule has 298 valence electrons. The van der Waals surface area contributed by atoms with Crippen LogP contribution in [-0.2, 0) is 6.42 Å². The first-order valence-electron chi connectivity index (χ1n) is 22.1. The van der Waals surface area contributed by atoms with Gasteiger partial charge in [-0.3, -0.25) is 0 Å². The number of allylic oxidation sites excluding steroid dienone is 2. The minimum Gasteiger partial charge on any atom is -0.309 e. The Morgan fingerprint density at radius 2 is 1.13 bits per heavy atom. The summed E-state index contributed by atoms with van der Waals surface area (Å²) >= 11 is 0. The molecule has 63 heavy (non-hydrogen) atoms. The maximum Gasteiger partial charge on any atom is 0.164 e. The van der Waals surface area contributed by atoms with E-state index in [0.717, 1.165) is 41.6 Å². The van der Waals surface area contributed by atoms with Gasteiger partial charge in [0.1, 0.15) is 0 Å². The van der Waals surface area contributed by atoms with Crippen molar-refractivity contribution >= 4 is 66.5 Å². The van der Waals surface area contributed by atoms with Gasteiger partial charge in [-0.25, -0.2) is 15.0 Å². The molecule has 11 aromatic rings. The van der Waals surface area contributed by atoms with E-state index < -0.39 is 0 Å². The lowest BCUT2D eigenvalue weighted by molar-refractivity contribution is 0.765. The number of hydrogen-bond acceptors (Lipinski definition) is 3. The fraction of sp³-hybridized carbons (Fsp3) is 0.0862. The van der Waals surface area contributed by atoms with Crippen molar-refractivity contribution in [2.24, 2.45) is 0 Å². The highest BCUT2D eigenvalue weighted by atomic mass is 15.0. The van der Waals surface area contributed by atoms with Crippen LogP contribution in [0.5, 0.6) is 0 Å². The fourth-order valence-electron chi connectivity index (χ4n) is 10.5. The van der Waals surface area contributed by atoms with E-state index in [1.54, 1.807) is 0 Å². The van der Waals surface area contributed by atoms with Gasteiger partial charge in [0.25, 0.3) is 0 Å². The van der Waals surface area contributed by atoms with Crippen molar-refractivity contribution in [3.05, 3.63) is 198 Å². The number of nitrogens with zero attached hydrogens (tertiary/aromatic N) is 5. The van der Waals surface area contributed by atoms with Crippen LogP contribution in [0.2, 0.25) is 0 Å². The van der Waals surface area contributed by atoms with E-state index in [9.17, 15) is 0 Å². The van der Waals surface area contributed by atoms with Gasteiger partial charge in [0.05, 0.1) is 27.8 Å². The van der Waals surface area contributed by atoms with E-state index in [-0.39, 0.29) is 0 Å². The van der Waals surface area contributed by atoms with Gasteiger partial charge >= 0.3 is 0 Å². The molecule has 0 amide bonds. The smallest absolute Gasteiger partial charge is 0.164 e. The second-order valence-electron chi connectivity index (χ2n) is 17.1. The Hall–Kier alpha value is -7.89. The normalized spacial score (nSPS) is 14.6. The summed E-state index contributed by atoms with van der Waals surface area (Å²) in [6.45, 7) is 2.36. The first-order chi connectivity index (χ1) is 31.2. The topological polar surface area (TPSA) is 48.5 Å². The molecule has 0 saturated carbocycles. The van der Waals surface area contributed by atoms with Crippen LogP contribution in [0.15, 0.2) is 176 Å². The second-order valence-corrected chi connectivity index (χ2v) is 17.1. The lowest BCUT2D eigenvalue weighted by atomic mass is 9.85. The van der Waals surface area contributed by atoms with Crippen LogP contribution in [0, 0.1) is 0 Å². The number of rotatable bonds is 5. The zero-order valence-corrected chi connectivity index (χ0v) is 34.8. The molecule has 0 N–H and O–H groups in total. The maximum atomic E-state index is 5.22. The van der Waals surface area contributed by atoms with E-state index >= 15 is 0 Å². The van der Waals surface area contributed by atoms with E-state index in [1.165, 1.54) is 82.3 Å². The number of benzene rings is 8. The van der Waals surface area contributed by atoms with Crippen molar-refractivity contribution in [3.63, 3.8) is 0 Å². The lowest BCUT2D eigenvalue weighted by Crippen LogP contribution is -2.09.